The molecule has 0 aromatic heterocycles. The summed E-state index contributed by atoms with van der Waals surface area (Å²) in [4.78, 5) is 2.50. The van der Waals surface area contributed by atoms with Crippen molar-refractivity contribution in [2.75, 3.05) is 4.90 Å². The van der Waals surface area contributed by atoms with E-state index in [0.717, 1.165) is 23.7 Å². The van der Waals surface area contributed by atoms with Crippen LogP contribution in [0.2, 0.25) is 0 Å². The summed E-state index contributed by atoms with van der Waals surface area (Å²) in [6.45, 7) is 4.77. The minimum Gasteiger partial charge on any atom is -0.310 e. The monoisotopic (exact) mass is 645 g/mol. The molecule has 50 heavy (non-hydrogen) atoms. The molecule has 6 aliphatic carbocycles. The van der Waals surface area contributed by atoms with Crippen molar-refractivity contribution in [1.82, 2.24) is 0 Å². The summed E-state index contributed by atoms with van der Waals surface area (Å²) in [6.07, 6.45) is 7.08. The fraction of sp³-hybridized carbons (Fsp3) is 0.265. The molecule has 6 aliphatic rings. The third-order valence-corrected chi connectivity index (χ3v) is 13.8. The Morgan fingerprint density at radius 1 is 0.420 bits per heavy atom. The molecular formula is C49H43N. The van der Waals surface area contributed by atoms with Gasteiger partial charge in [0.15, 0.2) is 0 Å². The number of nitrogens with zero attached hydrogens (tertiary/aromatic N) is 1. The van der Waals surface area contributed by atoms with Gasteiger partial charge < -0.3 is 4.90 Å². The molecule has 0 atom stereocenters. The van der Waals surface area contributed by atoms with Crippen molar-refractivity contribution in [1.29, 1.82) is 0 Å². The van der Waals surface area contributed by atoms with E-state index in [1.165, 1.54) is 93.7 Å². The number of hydrogen-bond acceptors (Lipinski definition) is 1. The summed E-state index contributed by atoms with van der Waals surface area (Å²) in [6, 6.07) is 53.2. The Hall–Kier alpha value is -4.88. The number of rotatable bonds is 4. The first kappa shape index (κ1) is 28.9. The molecule has 0 amide bonds. The van der Waals surface area contributed by atoms with Crippen LogP contribution in [-0.2, 0) is 10.8 Å². The minimum absolute atomic E-state index is 0.0547. The highest BCUT2D eigenvalue weighted by Gasteiger charge is 2.61. The fourth-order valence-corrected chi connectivity index (χ4v) is 12.0. The zero-order chi connectivity index (χ0) is 33.2. The highest BCUT2D eigenvalue weighted by atomic mass is 15.1. The number of para-hydroxylation sites is 1. The SMILES string of the molecule is CC1(C)c2ccccc2-c2ccc(N(c3ccccc3)c3ccc4c(c3)-c3cc(-c5ccccc5)ccc3C43C4CC5CC(C4)CC3C5)cc21. The molecule has 244 valence electrons. The molecule has 0 unspecified atom stereocenters. The first-order valence-electron chi connectivity index (χ1n) is 18.9. The van der Waals surface area contributed by atoms with Crippen LogP contribution in [0.15, 0.2) is 140 Å². The molecular weight excluding hydrogens is 603 g/mol. The van der Waals surface area contributed by atoms with Gasteiger partial charge in [0.05, 0.1) is 0 Å². The fourth-order valence-electron chi connectivity index (χ4n) is 12.0. The number of benzene rings is 6. The third-order valence-electron chi connectivity index (χ3n) is 13.8. The Bertz CT molecular complexity index is 2280. The predicted octanol–water partition coefficient (Wildman–Crippen LogP) is 12.9. The van der Waals surface area contributed by atoms with Gasteiger partial charge in [-0.15, -0.1) is 0 Å². The van der Waals surface area contributed by atoms with Crippen molar-refractivity contribution in [3.8, 4) is 33.4 Å². The topological polar surface area (TPSA) is 3.24 Å². The van der Waals surface area contributed by atoms with Gasteiger partial charge in [0.25, 0.3) is 0 Å². The van der Waals surface area contributed by atoms with Gasteiger partial charge in [0.1, 0.15) is 0 Å². The summed E-state index contributed by atoms with van der Waals surface area (Å²) >= 11 is 0. The maximum absolute atomic E-state index is 2.57. The van der Waals surface area contributed by atoms with Gasteiger partial charge in [-0.1, -0.05) is 111 Å². The van der Waals surface area contributed by atoms with Crippen LogP contribution < -0.4 is 4.90 Å². The predicted molar refractivity (Wildman–Crippen MR) is 207 cm³/mol. The van der Waals surface area contributed by atoms with E-state index in [2.05, 4.69) is 158 Å². The lowest BCUT2D eigenvalue weighted by Gasteiger charge is -2.61. The lowest BCUT2D eigenvalue weighted by molar-refractivity contribution is -0.0399. The Balaban J connectivity index is 1.11. The molecule has 4 fully saturated rings. The van der Waals surface area contributed by atoms with Gasteiger partial charge in [0.2, 0.25) is 0 Å². The maximum atomic E-state index is 2.57. The van der Waals surface area contributed by atoms with Crippen LogP contribution in [0.1, 0.15) is 68.2 Å². The Labute approximate surface area is 296 Å². The average Bonchev–Trinajstić information content (AvgIpc) is 3.56. The quantitative estimate of drug-likeness (QED) is 0.184. The van der Waals surface area contributed by atoms with Gasteiger partial charge in [-0.2, -0.15) is 0 Å². The molecule has 0 saturated heterocycles. The minimum atomic E-state index is -0.0547. The van der Waals surface area contributed by atoms with E-state index in [-0.39, 0.29) is 10.8 Å². The van der Waals surface area contributed by atoms with Gasteiger partial charge in [-0.3, -0.25) is 0 Å². The standard InChI is InChI=1S/C49H43N/c1-48(2)44-16-10-9-15-40(44)41-20-18-39(30-47(41)48)50(37-13-7-4-8-14-37)38-19-22-46-43(29-38)42-28-34(33-11-5-3-6-12-33)17-21-45(42)49(46)35-24-31-23-32(26-35)27-36(49)25-31/h3-22,28-32,35-36H,23-27H2,1-2H3. The molecule has 4 saturated carbocycles. The summed E-state index contributed by atoms with van der Waals surface area (Å²) in [5, 5.41) is 0. The molecule has 4 bridgehead atoms. The van der Waals surface area contributed by atoms with Crippen molar-refractivity contribution in [3.05, 3.63) is 162 Å². The number of fused-ring (bicyclic) bond motifs is 6. The Morgan fingerprint density at radius 2 is 1.00 bits per heavy atom. The van der Waals surface area contributed by atoms with E-state index in [4.69, 9.17) is 0 Å². The number of anilines is 3. The second-order valence-electron chi connectivity index (χ2n) is 16.6. The normalized spacial score (nSPS) is 25.6. The van der Waals surface area contributed by atoms with Crippen LogP contribution >= 0.6 is 0 Å². The lowest BCUT2D eigenvalue weighted by Crippen LogP contribution is -2.55. The summed E-state index contributed by atoms with van der Waals surface area (Å²) in [7, 11) is 0. The first-order valence-corrected chi connectivity index (χ1v) is 18.9. The van der Waals surface area contributed by atoms with E-state index in [0.29, 0.717) is 0 Å². The van der Waals surface area contributed by atoms with Crippen LogP contribution in [0, 0.1) is 23.7 Å². The summed E-state index contributed by atoms with van der Waals surface area (Å²) < 4.78 is 0. The molecule has 1 spiro atoms. The molecule has 0 heterocycles. The third kappa shape index (κ3) is 3.84. The second-order valence-corrected chi connectivity index (χ2v) is 16.6. The zero-order valence-corrected chi connectivity index (χ0v) is 29.1. The van der Waals surface area contributed by atoms with Crippen LogP contribution in [0.3, 0.4) is 0 Å². The lowest BCUT2D eigenvalue weighted by atomic mass is 9.43. The van der Waals surface area contributed by atoms with Crippen molar-refractivity contribution in [3.63, 3.8) is 0 Å². The smallest absolute Gasteiger partial charge is 0.0468 e. The van der Waals surface area contributed by atoms with Gasteiger partial charge >= 0.3 is 0 Å². The first-order chi connectivity index (χ1) is 24.5. The van der Waals surface area contributed by atoms with Crippen molar-refractivity contribution in [2.45, 2.75) is 56.8 Å². The van der Waals surface area contributed by atoms with E-state index in [1.807, 2.05) is 0 Å². The molecule has 12 rings (SSSR count). The van der Waals surface area contributed by atoms with Crippen LogP contribution in [0.4, 0.5) is 17.1 Å². The molecule has 0 N–H and O–H groups in total. The maximum Gasteiger partial charge on any atom is 0.0468 e. The van der Waals surface area contributed by atoms with Crippen LogP contribution in [0.5, 0.6) is 0 Å². The highest BCUT2D eigenvalue weighted by Crippen LogP contribution is 2.69. The summed E-state index contributed by atoms with van der Waals surface area (Å²) in [5.41, 5.74) is 18.1. The second kappa shape index (κ2) is 10.3. The van der Waals surface area contributed by atoms with E-state index in [9.17, 15) is 0 Å². The molecule has 0 radical (unpaired) electrons. The van der Waals surface area contributed by atoms with E-state index >= 15 is 0 Å². The van der Waals surface area contributed by atoms with Crippen molar-refractivity contribution >= 4 is 17.1 Å². The molecule has 6 aromatic rings. The van der Waals surface area contributed by atoms with E-state index in [1.54, 1.807) is 11.1 Å². The van der Waals surface area contributed by atoms with Crippen molar-refractivity contribution in [2.24, 2.45) is 23.7 Å². The van der Waals surface area contributed by atoms with Crippen molar-refractivity contribution < 1.29 is 0 Å². The highest BCUT2D eigenvalue weighted by molar-refractivity contribution is 5.90. The van der Waals surface area contributed by atoms with Crippen LogP contribution in [0.25, 0.3) is 33.4 Å². The molecule has 0 aliphatic heterocycles. The van der Waals surface area contributed by atoms with Gasteiger partial charge in [-0.05, 0) is 154 Å². The zero-order valence-electron chi connectivity index (χ0n) is 29.1. The van der Waals surface area contributed by atoms with Gasteiger partial charge in [-0.25, -0.2) is 0 Å². The van der Waals surface area contributed by atoms with E-state index < -0.39 is 0 Å². The average molecular weight is 646 g/mol. The Morgan fingerprint density at radius 3 is 1.74 bits per heavy atom. The molecule has 1 nitrogen and oxygen atoms in total. The largest absolute Gasteiger partial charge is 0.310 e. The summed E-state index contributed by atoms with van der Waals surface area (Å²) in [5.74, 6) is 3.36. The molecule has 6 aromatic carbocycles. The van der Waals surface area contributed by atoms with Gasteiger partial charge in [0, 0.05) is 27.9 Å². The molecule has 1 heteroatoms. The van der Waals surface area contributed by atoms with Crippen LogP contribution in [-0.4, -0.2) is 0 Å². The Kier molecular flexibility index (Phi) is 5.97. The number of hydrogen-bond donors (Lipinski definition) is 0.